The summed E-state index contributed by atoms with van der Waals surface area (Å²) in [7, 11) is 0. The predicted octanol–water partition coefficient (Wildman–Crippen LogP) is 1.31. The van der Waals surface area contributed by atoms with Gasteiger partial charge in [0.1, 0.15) is 11.9 Å². The second kappa shape index (κ2) is 5.42. The monoisotopic (exact) mass is 220 g/mol. The Morgan fingerprint density at radius 3 is 2.69 bits per heavy atom. The molecule has 5 nitrogen and oxygen atoms in total. The number of nitrogens with zero attached hydrogens (tertiary/aromatic N) is 3. The molecule has 0 aromatic carbocycles. The quantitative estimate of drug-likeness (QED) is 0.781. The van der Waals surface area contributed by atoms with Crippen LogP contribution in [0.5, 0.6) is 0 Å². The lowest BCUT2D eigenvalue weighted by atomic mass is 9.95. The Morgan fingerprint density at radius 2 is 2.25 bits per heavy atom. The Bertz CT molecular complexity index is 371. The fraction of sp³-hybridized carbons (Fsp3) is 0.545. The van der Waals surface area contributed by atoms with E-state index in [0.717, 1.165) is 6.42 Å². The number of rotatable bonds is 5. The molecule has 0 amide bonds. The van der Waals surface area contributed by atoms with Crippen molar-refractivity contribution in [1.29, 1.82) is 5.26 Å². The van der Waals surface area contributed by atoms with Gasteiger partial charge in [-0.25, -0.2) is 0 Å². The van der Waals surface area contributed by atoms with Gasteiger partial charge in [-0.3, -0.25) is 0 Å². The van der Waals surface area contributed by atoms with Crippen LogP contribution < -0.4 is 5.32 Å². The minimum Gasteiger partial charge on any atom is -0.396 e. The normalized spacial score (nSPS) is 13.9. The Hall–Kier alpha value is -1.67. The van der Waals surface area contributed by atoms with Crippen LogP contribution in [0.15, 0.2) is 12.1 Å². The maximum atomic E-state index is 8.97. The Labute approximate surface area is 95.1 Å². The van der Waals surface area contributed by atoms with E-state index >= 15 is 0 Å². The molecule has 5 heteroatoms. The molecule has 0 bridgehead atoms. The molecule has 2 N–H and O–H groups in total. The van der Waals surface area contributed by atoms with Crippen molar-refractivity contribution in [2.24, 2.45) is 0 Å². The van der Waals surface area contributed by atoms with E-state index in [1.165, 1.54) is 0 Å². The molecule has 1 heterocycles. The van der Waals surface area contributed by atoms with Gasteiger partial charge in [0, 0.05) is 12.1 Å². The molecule has 0 saturated carbocycles. The van der Waals surface area contributed by atoms with Gasteiger partial charge in [-0.05, 0) is 31.9 Å². The molecule has 0 saturated heterocycles. The molecule has 1 rings (SSSR count). The molecule has 1 atom stereocenters. The summed E-state index contributed by atoms with van der Waals surface area (Å²) >= 11 is 0. The molecule has 1 unspecified atom stereocenters. The standard InChI is InChI=1S/C11H16N4O/c1-3-11(2,6-7-16)13-10-5-4-9(8-12)14-15-10/h4-5,16H,3,6-7H2,1-2H3,(H,13,15). The molecular weight excluding hydrogens is 204 g/mol. The zero-order chi connectivity index (χ0) is 12.0. The summed E-state index contributed by atoms with van der Waals surface area (Å²) in [5.41, 5.74) is 0.100. The fourth-order valence-electron chi connectivity index (χ4n) is 1.34. The van der Waals surface area contributed by atoms with Crippen LogP contribution in [0.1, 0.15) is 32.4 Å². The van der Waals surface area contributed by atoms with Gasteiger partial charge in [0.15, 0.2) is 5.69 Å². The van der Waals surface area contributed by atoms with Crippen LogP contribution in [-0.2, 0) is 0 Å². The third kappa shape index (κ3) is 3.17. The van der Waals surface area contributed by atoms with Gasteiger partial charge in [-0.15, -0.1) is 10.2 Å². The summed E-state index contributed by atoms with van der Waals surface area (Å²) in [6.45, 7) is 4.18. The molecule has 0 spiro atoms. The molecular formula is C11H16N4O. The van der Waals surface area contributed by atoms with Crippen molar-refractivity contribution in [2.75, 3.05) is 11.9 Å². The molecule has 0 fully saturated rings. The lowest BCUT2D eigenvalue weighted by Crippen LogP contribution is -2.35. The summed E-state index contributed by atoms with van der Waals surface area (Å²) in [5, 5.41) is 28.4. The van der Waals surface area contributed by atoms with Gasteiger partial charge in [0.25, 0.3) is 0 Å². The summed E-state index contributed by atoms with van der Waals surface area (Å²) in [5.74, 6) is 0.622. The number of nitriles is 1. The zero-order valence-corrected chi connectivity index (χ0v) is 9.56. The number of hydrogen-bond acceptors (Lipinski definition) is 5. The number of nitrogens with one attached hydrogen (secondary N) is 1. The van der Waals surface area contributed by atoms with Crippen LogP contribution >= 0.6 is 0 Å². The highest BCUT2D eigenvalue weighted by Gasteiger charge is 2.21. The third-order valence-electron chi connectivity index (χ3n) is 2.65. The Kier molecular flexibility index (Phi) is 4.20. The number of aliphatic hydroxyl groups excluding tert-OH is 1. The number of aromatic nitrogens is 2. The van der Waals surface area contributed by atoms with Gasteiger partial charge in [0.05, 0.1) is 0 Å². The lowest BCUT2D eigenvalue weighted by Gasteiger charge is -2.29. The van der Waals surface area contributed by atoms with Crippen LogP contribution in [0.25, 0.3) is 0 Å². The molecule has 0 aliphatic carbocycles. The second-order valence-corrected chi connectivity index (χ2v) is 3.93. The zero-order valence-electron chi connectivity index (χ0n) is 9.56. The van der Waals surface area contributed by atoms with Crippen LogP contribution in [0.3, 0.4) is 0 Å². The first-order valence-corrected chi connectivity index (χ1v) is 5.26. The Morgan fingerprint density at radius 1 is 1.50 bits per heavy atom. The van der Waals surface area contributed by atoms with Gasteiger partial charge >= 0.3 is 0 Å². The van der Waals surface area contributed by atoms with Crippen LogP contribution in [0.2, 0.25) is 0 Å². The highest BCUT2D eigenvalue weighted by atomic mass is 16.3. The van der Waals surface area contributed by atoms with Crippen molar-refractivity contribution in [3.8, 4) is 6.07 Å². The highest BCUT2D eigenvalue weighted by Crippen LogP contribution is 2.19. The van der Waals surface area contributed by atoms with E-state index < -0.39 is 0 Å². The van der Waals surface area contributed by atoms with E-state index in [1.807, 2.05) is 19.9 Å². The Balaban J connectivity index is 2.75. The number of hydrogen-bond donors (Lipinski definition) is 2. The van der Waals surface area contributed by atoms with Crippen molar-refractivity contribution < 1.29 is 5.11 Å². The summed E-state index contributed by atoms with van der Waals surface area (Å²) < 4.78 is 0. The first kappa shape index (κ1) is 12.4. The van der Waals surface area contributed by atoms with Gasteiger partial charge < -0.3 is 10.4 Å². The fourth-order valence-corrected chi connectivity index (χ4v) is 1.34. The van der Waals surface area contributed by atoms with Crippen LogP contribution in [0.4, 0.5) is 5.82 Å². The van der Waals surface area contributed by atoms with Gasteiger partial charge in [-0.1, -0.05) is 6.92 Å². The van der Waals surface area contributed by atoms with Crippen LogP contribution in [-0.4, -0.2) is 27.4 Å². The number of anilines is 1. The molecule has 0 aliphatic rings. The number of aliphatic hydroxyl groups is 1. The van der Waals surface area contributed by atoms with Gasteiger partial charge in [0.2, 0.25) is 0 Å². The molecule has 0 aliphatic heterocycles. The minimum atomic E-state index is -0.197. The van der Waals surface area contributed by atoms with Crippen molar-refractivity contribution in [3.63, 3.8) is 0 Å². The van der Waals surface area contributed by atoms with E-state index in [0.29, 0.717) is 17.9 Å². The molecule has 16 heavy (non-hydrogen) atoms. The van der Waals surface area contributed by atoms with E-state index in [9.17, 15) is 0 Å². The first-order valence-electron chi connectivity index (χ1n) is 5.26. The smallest absolute Gasteiger partial charge is 0.163 e. The minimum absolute atomic E-state index is 0.126. The largest absolute Gasteiger partial charge is 0.396 e. The molecule has 0 radical (unpaired) electrons. The van der Waals surface area contributed by atoms with Gasteiger partial charge in [-0.2, -0.15) is 5.26 Å². The van der Waals surface area contributed by atoms with Crippen molar-refractivity contribution in [2.45, 2.75) is 32.2 Å². The van der Waals surface area contributed by atoms with Crippen molar-refractivity contribution in [1.82, 2.24) is 10.2 Å². The van der Waals surface area contributed by atoms with E-state index in [-0.39, 0.29) is 12.1 Å². The van der Waals surface area contributed by atoms with Crippen molar-refractivity contribution >= 4 is 5.82 Å². The summed E-state index contributed by atoms with van der Waals surface area (Å²) in [6.07, 6.45) is 1.51. The SMILES string of the molecule is CCC(C)(CCO)Nc1ccc(C#N)nn1. The summed E-state index contributed by atoms with van der Waals surface area (Å²) in [4.78, 5) is 0. The lowest BCUT2D eigenvalue weighted by molar-refractivity contribution is 0.251. The maximum absolute atomic E-state index is 8.97. The highest BCUT2D eigenvalue weighted by molar-refractivity contribution is 5.38. The molecule has 1 aromatic heterocycles. The van der Waals surface area contributed by atoms with E-state index in [1.54, 1.807) is 12.1 Å². The molecule has 86 valence electrons. The topological polar surface area (TPSA) is 81.8 Å². The maximum Gasteiger partial charge on any atom is 0.163 e. The third-order valence-corrected chi connectivity index (χ3v) is 2.65. The molecule has 1 aromatic rings. The average molecular weight is 220 g/mol. The van der Waals surface area contributed by atoms with E-state index in [2.05, 4.69) is 15.5 Å². The first-order chi connectivity index (χ1) is 7.63. The van der Waals surface area contributed by atoms with Crippen LogP contribution in [0, 0.1) is 11.3 Å². The predicted molar refractivity (Wildman–Crippen MR) is 60.8 cm³/mol. The van der Waals surface area contributed by atoms with Crippen molar-refractivity contribution in [3.05, 3.63) is 17.8 Å². The van der Waals surface area contributed by atoms with E-state index in [4.69, 9.17) is 10.4 Å². The average Bonchev–Trinajstić information content (AvgIpc) is 2.30. The summed E-state index contributed by atoms with van der Waals surface area (Å²) in [6, 6.07) is 5.25. The second-order valence-electron chi connectivity index (χ2n) is 3.93.